The molecule has 0 aromatic heterocycles. The third-order valence-electron chi connectivity index (χ3n) is 4.88. The van der Waals surface area contributed by atoms with Crippen molar-refractivity contribution in [3.63, 3.8) is 0 Å². The lowest BCUT2D eigenvalue weighted by atomic mass is 9.94. The SMILES string of the molecule is CC1=C(C(=O)OCc2ccccc2)[C@@H](c2ccc(Br)cc2)N2C(=O)[C@H](C)SC2=N1. The molecule has 1 saturated heterocycles. The monoisotopic (exact) mass is 470 g/mol. The highest BCUT2D eigenvalue weighted by atomic mass is 79.9. The van der Waals surface area contributed by atoms with Gasteiger partial charge in [-0.25, -0.2) is 9.79 Å². The fourth-order valence-corrected chi connectivity index (χ4v) is 4.72. The topological polar surface area (TPSA) is 59.0 Å². The van der Waals surface area contributed by atoms with Gasteiger partial charge in [-0.05, 0) is 37.1 Å². The Hall–Kier alpha value is -2.38. The van der Waals surface area contributed by atoms with Crippen molar-refractivity contribution >= 4 is 44.7 Å². The molecule has 148 valence electrons. The van der Waals surface area contributed by atoms with Crippen molar-refractivity contribution in [3.05, 3.63) is 81.5 Å². The largest absolute Gasteiger partial charge is 0.457 e. The number of hydrogen-bond donors (Lipinski definition) is 0. The maximum atomic E-state index is 13.1. The molecule has 2 aliphatic heterocycles. The van der Waals surface area contributed by atoms with Gasteiger partial charge in [0.2, 0.25) is 5.91 Å². The Labute approximate surface area is 182 Å². The molecule has 1 fully saturated rings. The van der Waals surface area contributed by atoms with Crippen LogP contribution in [0, 0.1) is 0 Å². The van der Waals surface area contributed by atoms with Gasteiger partial charge < -0.3 is 4.74 Å². The van der Waals surface area contributed by atoms with Crippen LogP contribution in [0.1, 0.15) is 31.0 Å². The maximum Gasteiger partial charge on any atom is 0.338 e. The summed E-state index contributed by atoms with van der Waals surface area (Å²) in [7, 11) is 0. The van der Waals surface area contributed by atoms with Crippen LogP contribution >= 0.6 is 27.7 Å². The van der Waals surface area contributed by atoms with Crippen LogP contribution in [0.25, 0.3) is 0 Å². The van der Waals surface area contributed by atoms with E-state index in [-0.39, 0.29) is 17.8 Å². The second-order valence-electron chi connectivity index (χ2n) is 6.88. The van der Waals surface area contributed by atoms with Crippen LogP contribution in [0.2, 0.25) is 0 Å². The second-order valence-corrected chi connectivity index (χ2v) is 9.10. The van der Waals surface area contributed by atoms with E-state index in [0.29, 0.717) is 16.4 Å². The Balaban J connectivity index is 1.71. The molecular weight excluding hydrogens is 452 g/mol. The molecule has 0 saturated carbocycles. The maximum absolute atomic E-state index is 13.1. The van der Waals surface area contributed by atoms with Crippen LogP contribution in [0.5, 0.6) is 0 Å². The molecule has 2 atom stereocenters. The van der Waals surface area contributed by atoms with Crippen molar-refractivity contribution in [2.45, 2.75) is 31.7 Å². The van der Waals surface area contributed by atoms with Gasteiger partial charge in [-0.3, -0.25) is 9.69 Å². The number of benzene rings is 2. The summed E-state index contributed by atoms with van der Waals surface area (Å²) in [4.78, 5) is 32.2. The van der Waals surface area contributed by atoms with Gasteiger partial charge >= 0.3 is 5.97 Å². The average Bonchev–Trinajstić information content (AvgIpc) is 3.00. The number of halogens is 1. The minimum absolute atomic E-state index is 0.0532. The van der Waals surface area contributed by atoms with E-state index in [9.17, 15) is 9.59 Å². The summed E-state index contributed by atoms with van der Waals surface area (Å²) in [6.07, 6.45) is 0. The molecule has 5 nitrogen and oxygen atoms in total. The molecule has 0 aliphatic carbocycles. The van der Waals surface area contributed by atoms with Gasteiger partial charge in [-0.15, -0.1) is 0 Å². The summed E-state index contributed by atoms with van der Waals surface area (Å²) in [6, 6.07) is 16.6. The summed E-state index contributed by atoms with van der Waals surface area (Å²) in [5.41, 5.74) is 2.72. The molecule has 2 heterocycles. The molecule has 2 aromatic carbocycles. The number of thioether (sulfide) groups is 1. The van der Waals surface area contributed by atoms with Crippen molar-refractivity contribution < 1.29 is 14.3 Å². The first-order valence-electron chi connectivity index (χ1n) is 9.21. The average molecular weight is 471 g/mol. The predicted octanol–water partition coefficient (Wildman–Crippen LogP) is 4.84. The smallest absolute Gasteiger partial charge is 0.338 e. The Morgan fingerprint density at radius 1 is 1.17 bits per heavy atom. The molecule has 2 aromatic rings. The number of amides is 1. The molecule has 1 amide bonds. The number of carbonyl (C=O) groups excluding carboxylic acids is 2. The minimum Gasteiger partial charge on any atom is -0.457 e. The quantitative estimate of drug-likeness (QED) is 0.599. The summed E-state index contributed by atoms with van der Waals surface area (Å²) < 4.78 is 6.53. The number of hydrogen-bond acceptors (Lipinski definition) is 5. The predicted molar refractivity (Wildman–Crippen MR) is 117 cm³/mol. The number of ether oxygens (including phenoxy) is 1. The molecule has 4 rings (SSSR count). The van der Waals surface area contributed by atoms with Crippen LogP contribution in [0.3, 0.4) is 0 Å². The van der Waals surface area contributed by atoms with E-state index in [1.54, 1.807) is 11.8 Å². The third-order valence-corrected chi connectivity index (χ3v) is 6.46. The number of fused-ring (bicyclic) bond motifs is 1. The Morgan fingerprint density at radius 3 is 2.55 bits per heavy atom. The Kier molecular flexibility index (Phi) is 5.61. The van der Waals surface area contributed by atoms with Gasteiger partial charge in [0, 0.05) is 4.47 Å². The zero-order chi connectivity index (χ0) is 20.5. The van der Waals surface area contributed by atoms with Crippen LogP contribution < -0.4 is 0 Å². The van der Waals surface area contributed by atoms with Crippen LogP contribution in [0.4, 0.5) is 0 Å². The first-order chi connectivity index (χ1) is 14.0. The fraction of sp³-hybridized carbons (Fsp3) is 0.227. The number of amidine groups is 1. The zero-order valence-corrected chi connectivity index (χ0v) is 18.4. The number of nitrogens with zero attached hydrogens (tertiary/aromatic N) is 2. The zero-order valence-electron chi connectivity index (χ0n) is 16.0. The lowest BCUT2D eigenvalue weighted by molar-refractivity contribution is -0.141. The summed E-state index contributed by atoms with van der Waals surface area (Å²) in [6.45, 7) is 3.82. The van der Waals surface area contributed by atoms with Crippen molar-refractivity contribution in [2.24, 2.45) is 4.99 Å². The van der Waals surface area contributed by atoms with E-state index < -0.39 is 12.0 Å². The van der Waals surface area contributed by atoms with Gasteiger partial charge in [0.1, 0.15) is 6.61 Å². The Morgan fingerprint density at radius 2 is 1.86 bits per heavy atom. The van der Waals surface area contributed by atoms with Crippen molar-refractivity contribution in [1.29, 1.82) is 0 Å². The van der Waals surface area contributed by atoms with E-state index in [0.717, 1.165) is 15.6 Å². The second kappa shape index (κ2) is 8.16. The molecule has 0 N–H and O–H groups in total. The van der Waals surface area contributed by atoms with E-state index in [4.69, 9.17) is 4.74 Å². The van der Waals surface area contributed by atoms with Crippen molar-refractivity contribution in [2.75, 3.05) is 0 Å². The van der Waals surface area contributed by atoms with Gasteiger partial charge in [0.25, 0.3) is 0 Å². The van der Waals surface area contributed by atoms with Crippen molar-refractivity contribution in [3.8, 4) is 0 Å². The summed E-state index contributed by atoms with van der Waals surface area (Å²) >= 11 is 4.86. The van der Waals surface area contributed by atoms with E-state index in [1.165, 1.54) is 11.8 Å². The molecule has 0 spiro atoms. The molecule has 7 heteroatoms. The first-order valence-corrected chi connectivity index (χ1v) is 10.9. The normalized spacial score (nSPS) is 21.1. The summed E-state index contributed by atoms with van der Waals surface area (Å²) in [5, 5.41) is 0.395. The van der Waals surface area contributed by atoms with Crippen LogP contribution in [-0.4, -0.2) is 27.2 Å². The lowest BCUT2D eigenvalue weighted by Gasteiger charge is -2.33. The summed E-state index contributed by atoms with van der Waals surface area (Å²) in [5.74, 6) is -0.512. The van der Waals surface area contributed by atoms with Gasteiger partial charge in [0.05, 0.1) is 22.6 Å². The van der Waals surface area contributed by atoms with E-state index >= 15 is 0 Å². The minimum atomic E-state index is -0.552. The van der Waals surface area contributed by atoms with Crippen molar-refractivity contribution in [1.82, 2.24) is 4.90 Å². The van der Waals surface area contributed by atoms with Gasteiger partial charge in [-0.2, -0.15) is 0 Å². The van der Waals surface area contributed by atoms with Crippen LogP contribution in [0.15, 0.2) is 75.3 Å². The number of carbonyl (C=O) groups is 2. The molecule has 0 radical (unpaired) electrons. The molecule has 0 unspecified atom stereocenters. The van der Waals surface area contributed by atoms with Crippen LogP contribution in [-0.2, 0) is 20.9 Å². The standard InChI is InChI=1S/C22H19BrN2O3S/c1-13-18(21(27)28-12-15-6-4-3-5-7-15)19(16-8-10-17(23)11-9-16)25-20(26)14(2)29-22(25)24-13/h3-11,14,19H,12H2,1-2H3/t14-,19+/m0/s1. The molecule has 0 bridgehead atoms. The number of aliphatic imine (C=N–C) groups is 1. The molecule has 29 heavy (non-hydrogen) atoms. The number of esters is 1. The van der Waals surface area contributed by atoms with Gasteiger partial charge in [0.15, 0.2) is 5.17 Å². The number of rotatable bonds is 4. The van der Waals surface area contributed by atoms with E-state index in [1.807, 2.05) is 61.5 Å². The first kappa shape index (κ1) is 19.9. The fourth-order valence-electron chi connectivity index (χ4n) is 3.43. The Bertz CT molecular complexity index is 1020. The number of allylic oxidation sites excluding steroid dienone is 1. The highest BCUT2D eigenvalue weighted by molar-refractivity contribution is 9.10. The van der Waals surface area contributed by atoms with E-state index in [2.05, 4.69) is 20.9 Å². The highest BCUT2D eigenvalue weighted by Crippen LogP contribution is 2.43. The molecule has 2 aliphatic rings. The lowest BCUT2D eigenvalue weighted by Crippen LogP contribution is -2.40. The molecular formula is C22H19BrN2O3S. The highest BCUT2D eigenvalue weighted by Gasteiger charge is 2.46. The van der Waals surface area contributed by atoms with Gasteiger partial charge in [-0.1, -0.05) is 70.2 Å². The third kappa shape index (κ3) is 3.89.